The molecule has 0 fully saturated rings. The summed E-state index contributed by atoms with van der Waals surface area (Å²) in [5.41, 5.74) is 5.01. The van der Waals surface area contributed by atoms with Crippen LogP contribution in [0, 0.1) is 11.5 Å². The van der Waals surface area contributed by atoms with E-state index in [4.69, 9.17) is 4.74 Å². The summed E-state index contributed by atoms with van der Waals surface area (Å²) in [5, 5.41) is 3.97. The van der Waals surface area contributed by atoms with Crippen LogP contribution in [-0.4, -0.2) is 20.7 Å². The predicted octanol–water partition coefficient (Wildman–Crippen LogP) is 3.58. The van der Waals surface area contributed by atoms with Gasteiger partial charge in [0.25, 0.3) is 0 Å². The fourth-order valence-electron chi connectivity index (χ4n) is 1.17. The zero-order valence-electron chi connectivity index (χ0n) is 11.2. The predicted molar refractivity (Wildman–Crippen MR) is 80.1 cm³/mol. The first-order chi connectivity index (χ1) is 8.42. The van der Waals surface area contributed by atoms with Gasteiger partial charge in [-0.3, -0.25) is 0 Å². The highest BCUT2D eigenvalue weighted by Gasteiger charge is 2.09. The van der Waals surface area contributed by atoms with Gasteiger partial charge in [0, 0.05) is 17.2 Å². The summed E-state index contributed by atoms with van der Waals surface area (Å²) in [4.78, 5) is 11.5. The highest BCUT2D eigenvalue weighted by molar-refractivity contribution is 7.08. The fraction of sp³-hybridized carbons (Fsp3) is 0.357. The van der Waals surface area contributed by atoms with Crippen LogP contribution in [0.1, 0.15) is 12.5 Å². The summed E-state index contributed by atoms with van der Waals surface area (Å²) in [7, 11) is -1.45. The van der Waals surface area contributed by atoms with Crippen LogP contribution in [0.15, 0.2) is 22.9 Å². The molecule has 0 N–H and O–H groups in total. The van der Waals surface area contributed by atoms with Crippen molar-refractivity contribution in [3.8, 4) is 11.5 Å². The Bertz CT molecular complexity index is 484. The minimum absolute atomic E-state index is 0.330. The average Bonchev–Trinajstić information content (AvgIpc) is 2.76. The van der Waals surface area contributed by atoms with Gasteiger partial charge in [-0.05, 0) is 23.8 Å². The van der Waals surface area contributed by atoms with E-state index in [-0.39, 0.29) is 5.97 Å². The van der Waals surface area contributed by atoms with Crippen molar-refractivity contribution in [2.75, 3.05) is 6.61 Å². The van der Waals surface area contributed by atoms with Crippen molar-refractivity contribution in [3.05, 3.63) is 28.5 Å². The molecular weight excluding hydrogens is 260 g/mol. The van der Waals surface area contributed by atoms with Crippen molar-refractivity contribution < 1.29 is 9.53 Å². The summed E-state index contributed by atoms with van der Waals surface area (Å²) in [5.74, 6) is 2.80. The first kappa shape index (κ1) is 14.7. The molecule has 18 heavy (non-hydrogen) atoms. The number of carbonyl (C=O) groups is 1. The van der Waals surface area contributed by atoms with Crippen molar-refractivity contribution >= 4 is 31.0 Å². The monoisotopic (exact) mass is 278 g/mol. The van der Waals surface area contributed by atoms with E-state index in [0.29, 0.717) is 6.61 Å². The molecule has 0 aliphatic heterocycles. The second kappa shape index (κ2) is 6.57. The lowest BCUT2D eigenvalue weighted by Crippen LogP contribution is -2.16. The van der Waals surface area contributed by atoms with Crippen molar-refractivity contribution in [2.45, 2.75) is 26.6 Å². The molecule has 0 aliphatic carbocycles. The Kier molecular flexibility index (Phi) is 5.39. The molecule has 0 unspecified atom stereocenters. The van der Waals surface area contributed by atoms with E-state index in [9.17, 15) is 4.79 Å². The zero-order chi connectivity index (χ0) is 13.6. The van der Waals surface area contributed by atoms with Gasteiger partial charge in [0.1, 0.15) is 8.07 Å². The number of ether oxygens (including phenoxy) is 1. The minimum Gasteiger partial charge on any atom is -0.463 e. The highest BCUT2D eigenvalue weighted by atomic mass is 32.1. The summed E-state index contributed by atoms with van der Waals surface area (Å²) in [6.07, 6.45) is 1.48. The third kappa shape index (κ3) is 5.35. The molecule has 0 aliphatic rings. The number of hydrogen-bond acceptors (Lipinski definition) is 3. The van der Waals surface area contributed by atoms with Gasteiger partial charge in [0.05, 0.1) is 6.61 Å². The van der Waals surface area contributed by atoms with Crippen LogP contribution < -0.4 is 0 Å². The normalized spacial score (nSPS) is 11.7. The van der Waals surface area contributed by atoms with E-state index < -0.39 is 8.07 Å². The van der Waals surface area contributed by atoms with Gasteiger partial charge >= 0.3 is 5.97 Å². The molecule has 1 aromatic heterocycles. The van der Waals surface area contributed by atoms with E-state index in [2.05, 4.69) is 31.1 Å². The maximum absolute atomic E-state index is 11.5. The first-order valence-electron chi connectivity index (χ1n) is 5.86. The summed E-state index contributed by atoms with van der Waals surface area (Å²) in [6, 6.07) is 1.97. The topological polar surface area (TPSA) is 26.3 Å². The molecule has 96 valence electrons. The molecule has 0 aromatic carbocycles. The molecule has 0 saturated carbocycles. The minimum atomic E-state index is -1.45. The summed E-state index contributed by atoms with van der Waals surface area (Å²) in [6.45, 7) is 8.71. The van der Waals surface area contributed by atoms with Crippen LogP contribution in [0.4, 0.5) is 0 Å². The van der Waals surface area contributed by atoms with Crippen LogP contribution in [-0.2, 0) is 9.53 Å². The molecule has 0 atom stereocenters. The number of allylic oxidation sites excluding steroid dienone is 1. The molecule has 1 rings (SSSR count). The number of rotatable bonds is 3. The smallest absolute Gasteiger partial charge is 0.332 e. The van der Waals surface area contributed by atoms with Gasteiger partial charge in [0.2, 0.25) is 0 Å². The molecule has 0 radical (unpaired) electrons. The van der Waals surface area contributed by atoms with E-state index in [0.717, 1.165) is 11.1 Å². The Balaban J connectivity index is 3.03. The molecule has 4 heteroatoms. The standard InChI is InChI=1S/C14H18O2SSi/c1-5-16-14(15)10-12(7-9-18(2,3)4)13-6-8-17-11-13/h6,8,10-11H,5H2,1-4H3. The highest BCUT2D eigenvalue weighted by Crippen LogP contribution is 2.17. The maximum Gasteiger partial charge on any atom is 0.332 e. The van der Waals surface area contributed by atoms with Crippen molar-refractivity contribution in [2.24, 2.45) is 0 Å². The zero-order valence-corrected chi connectivity index (χ0v) is 13.1. The molecule has 0 bridgehead atoms. The Morgan fingerprint density at radius 3 is 2.72 bits per heavy atom. The number of thiophene rings is 1. The van der Waals surface area contributed by atoms with Crippen molar-refractivity contribution in [1.29, 1.82) is 0 Å². The summed E-state index contributed by atoms with van der Waals surface area (Å²) < 4.78 is 4.93. The molecule has 0 spiro atoms. The molecule has 0 saturated heterocycles. The lowest BCUT2D eigenvalue weighted by atomic mass is 10.1. The lowest BCUT2D eigenvalue weighted by molar-refractivity contribution is -0.137. The largest absolute Gasteiger partial charge is 0.463 e. The van der Waals surface area contributed by atoms with Crippen LogP contribution in [0.2, 0.25) is 19.6 Å². The van der Waals surface area contributed by atoms with Gasteiger partial charge < -0.3 is 4.74 Å². The van der Waals surface area contributed by atoms with Crippen LogP contribution >= 0.6 is 11.3 Å². The lowest BCUT2D eigenvalue weighted by Gasteiger charge is -2.04. The van der Waals surface area contributed by atoms with Crippen LogP contribution in [0.25, 0.3) is 5.57 Å². The van der Waals surface area contributed by atoms with E-state index >= 15 is 0 Å². The molecule has 0 amide bonds. The Labute approximate surface area is 114 Å². The summed E-state index contributed by atoms with van der Waals surface area (Å²) >= 11 is 1.59. The Morgan fingerprint density at radius 2 is 2.22 bits per heavy atom. The van der Waals surface area contributed by atoms with Crippen molar-refractivity contribution in [1.82, 2.24) is 0 Å². The molecule has 1 heterocycles. The van der Waals surface area contributed by atoms with Gasteiger partial charge in [-0.15, -0.1) is 5.54 Å². The van der Waals surface area contributed by atoms with Gasteiger partial charge in [-0.1, -0.05) is 25.6 Å². The quantitative estimate of drug-likeness (QED) is 0.366. The van der Waals surface area contributed by atoms with E-state index in [1.165, 1.54) is 6.08 Å². The second-order valence-corrected chi connectivity index (χ2v) is 10.4. The van der Waals surface area contributed by atoms with Crippen molar-refractivity contribution in [3.63, 3.8) is 0 Å². The third-order valence-electron chi connectivity index (χ3n) is 1.95. The molecular formula is C14H18O2SSi. The maximum atomic E-state index is 11.5. The van der Waals surface area contributed by atoms with Gasteiger partial charge in [0.15, 0.2) is 0 Å². The first-order valence-corrected chi connectivity index (χ1v) is 10.3. The van der Waals surface area contributed by atoms with Crippen LogP contribution in [0.5, 0.6) is 0 Å². The number of esters is 1. The Morgan fingerprint density at radius 1 is 1.50 bits per heavy atom. The number of carbonyl (C=O) groups excluding carboxylic acids is 1. The SMILES string of the molecule is CCOC(=O)C=C(C#C[Si](C)(C)C)c1ccsc1. The Hall–Kier alpha value is -1.31. The second-order valence-electron chi connectivity index (χ2n) is 4.82. The van der Waals surface area contributed by atoms with Crippen LogP contribution in [0.3, 0.4) is 0 Å². The fourth-order valence-corrected chi connectivity index (χ4v) is 2.33. The molecule has 1 aromatic rings. The van der Waals surface area contributed by atoms with E-state index in [1.54, 1.807) is 18.3 Å². The number of hydrogen-bond donors (Lipinski definition) is 0. The van der Waals surface area contributed by atoms with Gasteiger partial charge in [-0.2, -0.15) is 11.3 Å². The molecule has 2 nitrogen and oxygen atoms in total. The van der Waals surface area contributed by atoms with E-state index in [1.807, 2.05) is 16.8 Å². The average molecular weight is 278 g/mol. The third-order valence-corrected chi connectivity index (χ3v) is 3.51. The van der Waals surface area contributed by atoms with Gasteiger partial charge in [-0.25, -0.2) is 4.79 Å².